The van der Waals surface area contributed by atoms with Gasteiger partial charge in [0.25, 0.3) is 0 Å². The molecule has 6 aromatic carbocycles. The van der Waals surface area contributed by atoms with Crippen LogP contribution in [0.25, 0.3) is 11.1 Å². The van der Waals surface area contributed by atoms with Crippen LogP contribution in [0.1, 0.15) is 31.4 Å². The molecule has 5 nitrogen and oxygen atoms in total. The van der Waals surface area contributed by atoms with E-state index < -0.39 is 11.8 Å². The standard InChI is InChI=1S/C49H43N3O2/c1-35(2)33-34-50-48(53)46-44(36-23-27-42(28-24-36)51(38-15-7-3-8-16-38)39-17-9-4-10-18-39)31-32-45(47(46)49(50)54)37-25-29-43(30-26-37)52(40-19-11-5-12-20-40)41-21-13-6-14-22-41/h3-32,35,46-47H,33-34H2,1-2H3. The van der Waals surface area contributed by atoms with Gasteiger partial charge in [0.05, 0.1) is 11.8 Å². The van der Waals surface area contributed by atoms with Gasteiger partial charge in [0.1, 0.15) is 0 Å². The molecule has 0 aromatic heterocycles. The maximum atomic E-state index is 14.3. The van der Waals surface area contributed by atoms with Crippen molar-refractivity contribution < 1.29 is 9.59 Å². The van der Waals surface area contributed by atoms with Crippen molar-refractivity contribution in [1.82, 2.24) is 4.90 Å². The minimum atomic E-state index is -0.598. The number of carbonyl (C=O) groups is 2. The second-order valence-corrected chi connectivity index (χ2v) is 14.3. The third kappa shape index (κ3) is 6.77. The van der Waals surface area contributed by atoms with Gasteiger partial charge in [-0.2, -0.15) is 0 Å². The van der Waals surface area contributed by atoms with Crippen LogP contribution in [0.15, 0.2) is 182 Å². The van der Waals surface area contributed by atoms with Crippen LogP contribution in [0.2, 0.25) is 0 Å². The number of imide groups is 1. The number of allylic oxidation sites excluding steroid dienone is 2. The highest BCUT2D eigenvalue weighted by Gasteiger charge is 2.51. The van der Waals surface area contributed by atoms with Crippen molar-refractivity contribution in [3.63, 3.8) is 0 Å². The fraction of sp³-hybridized carbons (Fsp3) is 0.143. The number of anilines is 6. The van der Waals surface area contributed by atoms with Gasteiger partial charge in [-0.3, -0.25) is 14.5 Å². The molecule has 1 fully saturated rings. The summed E-state index contributed by atoms with van der Waals surface area (Å²) in [6.45, 7) is 4.67. The molecule has 0 radical (unpaired) electrons. The number of amides is 2. The third-order valence-electron chi connectivity index (χ3n) is 10.4. The summed E-state index contributed by atoms with van der Waals surface area (Å²) in [5.74, 6) is -1.05. The van der Waals surface area contributed by atoms with Crippen LogP contribution < -0.4 is 9.80 Å². The number of nitrogens with zero attached hydrogens (tertiary/aromatic N) is 3. The Kier molecular flexibility index (Phi) is 9.78. The lowest BCUT2D eigenvalue weighted by Gasteiger charge is -2.28. The van der Waals surface area contributed by atoms with Crippen LogP contribution >= 0.6 is 0 Å². The van der Waals surface area contributed by atoms with Crippen molar-refractivity contribution in [2.24, 2.45) is 17.8 Å². The molecule has 1 aliphatic carbocycles. The maximum absolute atomic E-state index is 14.3. The summed E-state index contributed by atoms with van der Waals surface area (Å²) in [5.41, 5.74) is 9.87. The Balaban J connectivity index is 1.16. The van der Waals surface area contributed by atoms with Crippen LogP contribution in [0.4, 0.5) is 34.1 Å². The van der Waals surface area contributed by atoms with Crippen LogP contribution in [-0.4, -0.2) is 23.3 Å². The molecule has 0 spiro atoms. The van der Waals surface area contributed by atoms with Gasteiger partial charge in [-0.15, -0.1) is 0 Å². The normalized spacial score (nSPS) is 16.5. The molecular weight excluding hydrogens is 663 g/mol. The van der Waals surface area contributed by atoms with E-state index in [2.05, 4.69) is 133 Å². The van der Waals surface area contributed by atoms with Gasteiger partial charge in [-0.25, -0.2) is 0 Å². The molecule has 5 heteroatoms. The highest BCUT2D eigenvalue weighted by molar-refractivity contribution is 6.16. The van der Waals surface area contributed by atoms with Gasteiger partial charge < -0.3 is 9.80 Å². The molecule has 0 N–H and O–H groups in total. The zero-order valence-electron chi connectivity index (χ0n) is 30.6. The van der Waals surface area contributed by atoms with Crippen molar-refractivity contribution in [2.45, 2.75) is 20.3 Å². The Bertz CT molecular complexity index is 2040. The monoisotopic (exact) mass is 705 g/mol. The van der Waals surface area contributed by atoms with E-state index in [9.17, 15) is 9.59 Å². The first-order valence-electron chi connectivity index (χ1n) is 18.8. The Morgan fingerprint density at radius 2 is 0.741 bits per heavy atom. The average molecular weight is 706 g/mol. The first-order chi connectivity index (χ1) is 26.5. The maximum Gasteiger partial charge on any atom is 0.237 e. The molecule has 2 unspecified atom stereocenters. The minimum Gasteiger partial charge on any atom is -0.311 e. The van der Waals surface area contributed by atoms with E-state index in [0.717, 1.165) is 62.8 Å². The lowest BCUT2D eigenvalue weighted by Crippen LogP contribution is -2.32. The number of hydrogen-bond acceptors (Lipinski definition) is 4. The summed E-state index contributed by atoms with van der Waals surface area (Å²) < 4.78 is 0. The van der Waals surface area contributed by atoms with Crippen LogP contribution in [-0.2, 0) is 9.59 Å². The van der Waals surface area contributed by atoms with E-state index >= 15 is 0 Å². The van der Waals surface area contributed by atoms with Gasteiger partial charge in [0.15, 0.2) is 0 Å². The Hall–Kier alpha value is -6.46. The number of likely N-dealkylation sites (tertiary alicyclic amines) is 1. The van der Waals surface area contributed by atoms with E-state index in [1.165, 1.54) is 4.90 Å². The predicted octanol–water partition coefficient (Wildman–Crippen LogP) is 11.8. The number of carbonyl (C=O) groups excluding carboxylic acids is 2. The van der Waals surface area contributed by atoms with E-state index in [0.29, 0.717) is 12.5 Å². The second-order valence-electron chi connectivity index (χ2n) is 14.3. The van der Waals surface area contributed by atoms with Gasteiger partial charge in [-0.1, -0.05) is 123 Å². The molecule has 1 heterocycles. The summed E-state index contributed by atoms with van der Waals surface area (Å²) in [5, 5.41) is 0. The summed E-state index contributed by atoms with van der Waals surface area (Å²) in [6.07, 6.45) is 4.88. The summed E-state index contributed by atoms with van der Waals surface area (Å²) in [6, 6.07) is 58.0. The third-order valence-corrected chi connectivity index (χ3v) is 10.4. The number of benzene rings is 6. The van der Waals surface area contributed by atoms with Gasteiger partial charge in [0, 0.05) is 40.7 Å². The van der Waals surface area contributed by atoms with Gasteiger partial charge >= 0.3 is 0 Å². The molecule has 2 aliphatic rings. The largest absolute Gasteiger partial charge is 0.311 e. The SMILES string of the molecule is CC(C)CCN1C(=O)C2C(c3ccc(N(c4ccccc4)c4ccccc4)cc3)=CC=C(c3ccc(N(c4ccccc4)c4ccccc4)cc3)C2C1=O. The van der Waals surface area contributed by atoms with Crippen molar-refractivity contribution >= 4 is 57.1 Å². The van der Waals surface area contributed by atoms with E-state index in [4.69, 9.17) is 0 Å². The molecule has 2 atom stereocenters. The van der Waals surface area contributed by atoms with Crippen molar-refractivity contribution in [3.05, 3.63) is 193 Å². The molecule has 1 aliphatic heterocycles. The molecule has 54 heavy (non-hydrogen) atoms. The van der Waals surface area contributed by atoms with Crippen molar-refractivity contribution in [2.75, 3.05) is 16.3 Å². The topological polar surface area (TPSA) is 43.9 Å². The summed E-state index contributed by atoms with van der Waals surface area (Å²) >= 11 is 0. The number of fused-ring (bicyclic) bond motifs is 1. The van der Waals surface area contributed by atoms with Gasteiger partial charge in [0.2, 0.25) is 11.8 Å². The van der Waals surface area contributed by atoms with E-state index in [1.807, 2.05) is 72.8 Å². The first kappa shape index (κ1) is 34.6. The molecule has 1 saturated heterocycles. The highest BCUT2D eigenvalue weighted by Crippen LogP contribution is 2.48. The predicted molar refractivity (Wildman–Crippen MR) is 221 cm³/mol. The first-order valence-corrected chi connectivity index (χ1v) is 18.8. The lowest BCUT2D eigenvalue weighted by atomic mass is 9.74. The van der Waals surface area contributed by atoms with Crippen LogP contribution in [0.5, 0.6) is 0 Å². The van der Waals surface area contributed by atoms with Crippen LogP contribution in [0.3, 0.4) is 0 Å². The number of hydrogen-bond donors (Lipinski definition) is 0. The molecule has 0 bridgehead atoms. The molecule has 266 valence electrons. The second kappa shape index (κ2) is 15.3. The Labute approximate surface area is 318 Å². The quantitative estimate of drug-likeness (QED) is 0.126. The highest BCUT2D eigenvalue weighted by atomic mass is 16.2. The minimum absolute atomic E-state index is 0.113. The fourth-order valence-electron chi connectivity index (χ4n) is 7.71. The van der Waals surface area contributed by atoms with E-state index in [-0.39, 0.29) is 11.8 Å². The number of para-hydroxylation sites is 4. The van der Waals surface area contributed by atoms with Gasteiger partial charge in [-0.05, 0) is 107 Å². The van der Waals surface area contributed by atoms with E-state index in [1.54, 1.807) is 0 Å². The molecule has 2 amide bonds. The van der Waals surface area contributed by atoms with Crippen LogP contribution in [0, 0.1) is 17.8 Å². The smallest absolute Gasteiger partial charge is 0.237 e. The average Bonchev–Trinajstić information content (AvgIpc) is 3.47. The summed E-state index contributed by atoms with van der Waals surface area (Å²) in [7, 11) is 0. The Morgan fingerprint density at radius 3 is 1.04 bits per heavy atom. The lowest BCUT2D eigenvalue weighted by molar-refractivity contribution is -0.139. The fourth-order valence-corrected chi connectivity index (χ4v) is 7.71. The summed E-state index contributed by atoms with van der Waals surface area (Å²) in [4.78, 5) is 34.7. The number of rotatable bonds is 11. The molecular formula is C49H43N3O2. The van der Waals surface area contributed by atoms with Crippen molar-refractivity contribution in [3.8, 4) is 0 Å². The Morgan fingerprint density at radius 1 is 0.444 bits per heavy atom. The molecule has 6 aromatic rings. The molecule has 0 saturated carbocycles. The van der Waals surface area contributed by atoms with Crippen molar-refractivity contribution in [1.29, 1.82) is 0 Å². The zero-order chi connectivity index (χ0) is 37.0. The zero-order valence-corrected chi connectivity index (χ0v) is 30.6. The molecule has 8 rings (SSSR count).